The van der Waals surface area contributed by atoms with Crippen LogP contribution in [0.15, 0.2) is 72.8 Å². The number of ketones is 1. The molecule has 0 saturated heterocycles. The predicted octanol–water partition coefficient (Wildman–Crippen LogP) is 4.86. The third kappa shape index (κ3) is 2.58. The lowest BCUT2D eigenvalue weighted by atomic mass is 9.94. The summed E-state index contributed by atoms with van der Waals surface area (Å²) in [5.74, 6) is 1.61. The molecule has 0 atom stereocenters. The average Bonchev–Trinajstić information content (AvgIpc) is 3.01. The molecule has 128 valence electrons. The predicted molar refractivity (Wildman–Crippen MR) is 103 cm³/mol. The van der Waals surface area contributed by atoms with Gasteiger partial charge in [-0.05, 0) is 41.0 Å². The van der Waals surface area contributed by atoms with Crippen molar-refractivity contribution in [2.45, 2.75) is 0 Å². The van der Waals surface area contributed by atoms with Gasteiger partial charge in [-0.3, -0.25) is 4.79 Å². The first-order chi connectivity index (χ1) is 12.7. The molecular weight excluding hydrogens is 324 g/mol. The van der Waals surface area contributed by atoms with Crippen LogP contribution in [-0.4, -0.2) is 20.0 Å². The number of Topliss-reactive ketones (excluding diaryl/α,β-unsaturated/α-hetero) is 1. The van der Waals surface area contributed by atoms with E-state index < -0.39 is 0 Å². The van der Waals surface area contributed by atoms with E-state index in [0.717, 1.165) is 44.9 Å². The minimum atomic E-state index is 0.0524. The van der Waals surface area contributed by atoms with E-state index in [2.05, 4.69) is 0 Å². The average molecular weight is 342 g/mol. The van der Waals surface area contributed by atoms with Crippen molar-refractivity contribution in [1.82, 2.24) is 0 Å². The molecule has 4 rings (SSSR count). The highest BCUT2D eigenvalue weighted by molar-refractivity contribution is 6.41. The van der Waals surface area contributed by atoms with Crippen LogP contribution >= 0.6 is 0 Å². The minimum absolute atomic E-state index is 0.0524. The fourth-order valence-electron chi connectivity index (χ4n) is 3.37. The fourth-order valence-corrected chi connectivity index (χ4v) is 3.37. The molecule has 1 aliphatic carbocycles. The molecule has 3 heteroatoms. The van der Waals surface area contributed by atoms with E-state index in [-0.39, 0.29) is 5.78 Å². The summed E-state index contributed by atoms with van der Waals surface area (Å²) in [6.45, 7) is 0. The van der Waals surface area contributed by atoms with E-state index in [1.165, 1.54) is 0 Å². The van der Waals surface area contributed by atoms with Crippen molar-refractivity contribution in [3.05, 3.63) is 95.1 Å². The fraction of sp³-hybridized carbons (Fsp3) is 0.0870. The van der Waals surface area contributed by atoms with Gasteiger partial charge < -0.3 is 9.47 Å². The highest BCUT2D eigenvalue weighted by atomic mass is 16.5. The summed E-state index contributed by atoms with van der Waals surface area (Å²) in [6.07, 6.45) is 0. The second-order valence-electron chi connectivity index (χ2n) is 6.08. The van der Waals surface area contributed by atoms with Crippen LogP contribution in [0, 0.1) is 0 Å². The van der Waals surface area contributed by atoms with Gasteiger partial charge in [0.05, 0.1) is 14.2 Å². The number of hydrogen-bond acceptors (Lipinski definition) is 3. The van der Waals surface area contributed by atoms with Crippen LogP contribution in [0.1, 0.15) is 27.0 Å². The minimum Gasteiger partial charge on any atom is -0.497 e. The molecule has 0 fully saturated rings. The first kappa shape index (κ1) is 16.2. The van der Waals surface area contributed by atoms with Crippen molar-refractivity contribution in [1.29, 1.82) is 0 Å². The lowest BCUT2D eigenvalue weighted by Crippen LogP contribution is -1.98. The summed E-state index contributed by atoms with van der Waals surface area (Å²) < 4.78 is 10.5. The first-order valence-corrected chi connectivity index (χ1v) is 8.40. The Bertz CT molecular complexity index is 996. The van der Waals surface area contributed by atoms with Crippen LogP contribution in [0.2, 0.25) is 0 Å². The number of ether oxygens (including phenoxy) is 2. The number of allylic oxidation sites excluding steroid dienone is 1. The van der Waals surface area contributed by atoms with E-state index in [1.807, 2.05) is 72.8 Å². The zero-order valence-electron chi connectivity index (χ0n) is 14.7. The quantitative estimate of drug-likeness (QED) is 0.679. The molecular formula is C23H18O3. The van der Waals surface area contributed by atoms with Crippen molar-refractivity contribution in [3.8, 4) is 11.5 Å². The molecule has 0 spiro atoms. The highest BCUT2D eigenvalue weighted by Crippen LogP contribution is 2.42. The van der Waals surface area contributed by atoms with Crippen LogP contribution in [0.5, 0.6) is 11.5 Å². The van der Waals surface area contributed by atoms with Gasteiger partial charge in [0.1, 0.15) is 11.5 Å². The van der Waals surface area contributed by atoms with Gasteiger partial charge in [0.2, 0.25) is 0 Å². The van der Waals surface area contributed by atoms with Gasteiger partial charge in [0, 0.05) is 16.7 Å². The monoisotopic (exact) mass is 342 g/mol. The van der Waals surface area contributed by atoms with Crippen molar-refractivity contribution in [3.63, 3.8) is 0 Å². The maximum atomic E-state index is 13.1. The SMILES string of the molecule is COc1ccc(C2=C(c3ccc(OC)cc3)c3ccccc3C2=O)cc1. The first-order valence-electron chi connectivity index (χ1n) is 8.40. The van der Waals surface area contributed by atoms with Gasteiger partial charge in [0.25, 0.3) is 0 Å². The summed E-state index contributed by atoms with van der Waals surface area (Å²) in [5.41, 5.74) is 5.27. The summed E-state index contributed by atoms with van der Waals surface area (Å²) in [6, 6.07) is 23.2. The van der Waals surface area contributed by atoms with E-state index in [0.29, 0.717) is 0 Å². The normalized spacial score (nSPS) is 12.9. The van der Waals surface area contributed by atoms with E-state index in [9.17, 15) is 4.79 Å². The van der Waals surface area contributed by atoms with Crippen LogP contribution in [0.4, 0.5) is 0 Å². The number of rotatable bonds is 4. The number of fused-ring (bicyclic) bond motifs is 1. The molecule has 0 radical (unpaired) electrons. The Morgan fingerprint density at radius 3 is 1.54 bits per heavy atom. The zero-order valence-corrected chi connectivity index (χ0v) is 14.7. The summed E-state index contributed by atoms with van der Waals surface area (Å²) in [4.78, 5) is 13.1. The zero-order chi connectivity index (χ0) is 18.1. The van der Waals surface area contributed by atoms with Crippen LogP contribution in [0.3, 0.4) is 0 Å². The van der Waals surface area contributed by atoms with Gasteiger partial charge in [-0.2, -0.15) is 0 Å². The van der Waals surface area contributed by atoms with Gasteiger partial charge in [-0.25, -0.2) is 0 Å². The molecule has 3 aromatic carbocycles. The second-order valence-corrected chi connectivity index (χ2v) is 6.08. The third-order valence-corrected chi connectivity index (χ3v) is 4.68. The molecule has 0 amide bonds. The molecule has 0 aromatic heterocycles. The molecule has 1 aliphatic rings. The Labute approximate surface area is 152 Å². The van der Waals surface area contributed by atoms with Gasteiger partial charge in [-0.15, -0.1) is 0 Å². The van der Waals surface area contributed by atoms with E-state index in [4.69, 9.17) is 9.47 Å². The van der Waals surface area contributed by atoms with Crippen molar-refractivity contribution in [2.24, 2.45) is 0 Å². The van der Waals surface area contributed by atoms with Crippen LogP contribution < -0.4 is 9.47 Å². The maximum Gasteiger partial charge on any atom is 0.194 e. The lowest BCUT2D eigenvalue weighted by Gasteiger charge is -2.10. The summed E-state index contributed by atoms with van der Waals surface area (Å²) >= 11 is 0. The van der Waals surface area contributed by atoms with Crippen LogP contribution in [-0.2, 0) is 0 Å². The maximum absolute atomic E-state index is 13.1. The van der Waals surface area contributed by atoms with Gasteiger partial charge in [-0.1, -0.05) is 48.5 Å². The number of methoxy groups -OCH3 is 2. The summed E-state index contributed by atoms with van der Waals surface area (Å²) in [7, 11) is 3.28. The third-order valence-electron chi connectivity index (χ3n) is 4.68. The molecule has 0 saturated carbocycles. The molecule has 0 N–H and O–H groups in total. The largest absolute Gasteiger partial charge is 0.497 e. The summed E-state index contributed by atoms with van der Waals surface area (Å²) in [5, 5.41) is 0. The van der Waals surface area contributed by atoms with Gasteiger partial charge in [0.15, 0.2) is 5.78 Å². The lowest BCUT2D eigenvalue weighted by molar-refractivity contribution is 0.105. The Hall–Kier alpha value is -3.33. The van der Waals surface area contributed by atoms with Crippen molar-refractivity contribution >= 4 is 16.9 Å². The van der Waals surface area contributed by atoms with E-state index in [1.54, 1.807) is 14.2 Å². The van der Waals surface area contributed by atoms with Crippen molar-refractivity contribution < 1.29 is 14.3 Å². The number of carbonyl (C=O) groups excluding carboxylic acids is 1. The van der Waals surface area contributed by atoms with Gasteiger partial charge >= 0.3 is 0 Å². The molecule has 0 bridgehead atoms. The Kier molecular flexibility index (Phi) is 4.05. The molecule has 26 heavy (non-hydrogen) atoms. The molecule has 0 unspecified atom stereocenters. The van der Waals surface area contributed by atoms with Crippen molar-refractivity contribution in [2.75, 3.05) is 14.2 Å². The molecule has 3 nitrogen and oxygen atoms in total. The molecule has 0 aliphatic heterocycles. The number of benzene rings is 3. The highest BCUT2D eigenvalue weighted by Gasteiger charge is 2.30. The second kappa shape index (κ2) is 6.52. The Morgan fingerprint density at radius 1 is 0.577 bits per heavy atom. The number of carbonyl (C=O) groups is 1. The molecule has 0 heterocycles. The van der Waals surface area contributed by atoms with Crippen LogP contribution in [0.25, 0.3) is 11.1 Å². The molecule has 3 aromatic rings. The standard InChI is InChI=1S/C23H18O3/c1-25-17-11-7-15(8-12-17)21-19-5-3-4-6-20(19)23(24)22(21)16-9-13-18(26-2)14-10-16/h3-14H,1-2H3. The topological polar surface area (TPSA) is 35.5 Å². The number of hydrogen-bond donors (Lipinski definition) is 0. The smallest absolute Gasteiger partial charge is 0.194 e. The van der Waals surface area contributed by atoms with E-state index >= 15 is 0 Å². The Balaban J connectivity index is 1.94. The Morgan fingerprint density at radius 2 is 1.04 bits per heavy atom.